The topological polar surface area (TPSA) is 208 Å². The Kier molecular flexibility index (Phi) is 41.4. The molecule has 12 rings (SSSR count). The SMILES string of the molecule is CC(F)(F)C(=O)OCC12CC3CC(CC(O)(C3)C1)C2.CC(F)(F)C(=O)OCC12CC3CC(CC(O)(C3)C1)C2.CC[NH+](CC)CC.COCCOCCOc1ccc([I+]c2ccc(OCCOCCOC)cc2)cc1.COCCOCCOc1ccc([I+]c2ccc(OCCOCCOC)cc2)cc1.[Br-]. The Morgan fingerprint density at radius 1 is 0.404 bits per heavy atom. The van der Waals surface area contributed by atoms with Crippen LogP contribution in [0.3, 0.4) is 0 Å². The Morgan fingerprint density at radius 3 is 0.827 bits per heavy atom. The summed E-state index contributed by atoms with van der Waals surface area (Å²) in [6.07, 6.45) is 10.3. The third-order valence-corrected chi connectivity index (χ3v) is 24.3. The Labute approximate surface area is 646 Å². The molecule has 26 heteroatoms. The van der Waals surface area contributed by atoms with Crippen molar-refractivity contribution >= 4 is 11.9 Å². The standard InChI is InChI=1S/2C22H30IO6.2C14H20F2O3.C6H15N.BrH/c2*1-24-11-13-26-15-17-28-21-7-3-19(4-8-21)23-20-5-9-22(10-6-20)29-18-16-27-14-12-25-2;2*1-12(15,16)11(17)19-8-13-3-9-2-10(4-13)6-14(18,5-9)7-13;1-4-7(5-2)6-3;/h2*3-10H,11-18H2,1-2H3;2*9-10,18H,2-8H2,1H3;4-6H2,1-3H3;1H/q2*+1;;;;. The number of benzene rings is 4. The average Bonchev–Trinajstić information content (AvgIpc) is 0.739. The molecule has 0 heterocycles. The van der Waals surface area contributed by atoms with Gasteiger partial charge in [-0.1, -0.05) is 0 Å². The lowest BCUT2D eigenvalue weighted by Crippen LogP contribution is -3.61. The zero-order chi connectivity index (χ0) is 74.6. The fourth-order valence-electron chi connectivity index (χ4n) is 15.1. The number of quaternary nitrogens is 1. The number of alkyl halides is 4. The molecule has 8 fully saturated rings. The maximum absolute atomic E-state index is 12.8. The molecule has 104 heavy (non-hydrogen) atoms. The van der Waals surface area contributed by atoms with Gasteiger partial charge in [-0.25, -0.2) is 9.59 Å². The molecule has 0 radical (unpaired) electrons. The molecule has 0 spiro atoms. The van der Waals surface area contributed by atoms with Crippen LogP contribution in [0.15, 0.2) is 97.1 Å². The van der Waals surface area contributed by atoms with Crippen LogP contribution in [-0.4, -0.2) is 212 Å². The number of halogens is 7. The minimum Gasteiger partial charge on any atom is -1.00 e. The predicted octanol–water partition coefficient (Wildman–Crippen LogP) is 1.76. The lowest BCUT2D eigenvalue weighted by atomic mass is 9.48. The van der Waals surface area contributed by atoms with Crippen molar-refractivity contribution in [1.29, 1.82) is 0 Å². The maximum Gasteiger partial charge on any atom is 0.376 e. The molecular formula is C78H116BrF4I2NO18+2. The Balaban J connectivity index is 0.000000244. The number of rotatable bonds is 41. The van der Waals surface area contributed by atoms with Crippen LogP contribution >= 0.6 is 0 Å². The highest BCUT2D eigenvalue weighted by atomic mass is 127. The average molecular weight is 1770 g/mol. The fraction of sp³-hybridized carbons (Fsp3) is 0.667. The minimum atomic E-state index is -3.43. The van der Waals surface area contributed by atoms with E-state index in [2.05, 4.69) is 69.3 Å². The van der Waals surface area contributed by atoms with E-state index in [1.54, 1.807) is 33.3 Å². The van der Waals surface area contributed by atoms with Gasteiger partial charge in [-0.05, 0) is 219 Å². The summed E-state index contributed by atoms with van der Waals surface area (Å²) in [6.45, 7) is 20.9. The number of aliphatic hydroxyl groups is 2. The van der Waals surface area contributed by atoms with Crippen LogP contribution in [0.2, 0.25) is 0 Å². The minimum absolute atomic E-state index is 0. The molecule has 8 bridgehead atoms. The van der Waals surface area contributed by atoms with Crippen molar-refractivity contribution < 1.29 is 168 Å². The highest BCUT2D eigenvalue weighted by Gasteiger charge is 2.59. The second-order valence-electron chi connectivity index (χ2n) is 27.9. The number of ether oxygens (including phenoxy) is 14. The Hall–Kier alpha value is -3.76. The van der Waals surface area contributed by atoms with Gasteiger partial charge in [-0.15, -0.1) is 0 Å². The molecule has 3 N–H and O–H groups in total. The molecule has 4 aromatic carbocycles. The first-order valence-corrected chi connectivity index (χ1v) is 40.6. The summed E-state index contributed by atoms with van der Waals surface area (Å²) in [4.78, 5) is 24.1. The zero-order valence-corrected chi connectivity index (χ0v) is 68.4. The predicted molar refractivity (Wildman–Crippen MR) is 373 cm³/mol. The van der Waals surface area contributed by atoms with Crippen LogP contribution in [0.1, 0.15) is 112 Å². The maximum atomic E-state index is 12.8. The summed E-state index contributed by atoms with van der Waals surface area (Å²) in [7, 11) is 6.65. The second kappa shape index (κ2) is 47.3. The summed E-state index contributed by atoms with van der Waals surface area (Å²) in [6, 6.07) is 33.2. The largest absolute Gasteiger partial charge is 1.00 e. The van der Waals surface area contributed by atoms with Crippen molar-refractivity contribution in [2.24, 2.45) is 34.5 Å². The number of methoxy groups -OCH3 is 4. The van der Waals surface area contributed by atoms with E-state index >= 15 is 0 Å². The van der Waals surface area contributed by atoms with Crippen molar-refractivity contribution in [3.05, 3.63) is 111 Å². The highest BCUT2D eigenvalue weighted by molar-refractivity contribution is 5.77. The summed E-state index contributed by atoms with van der Waals surface area (Å²) in [5.41, 5.74) is -1.82. The van der Waals surface area contributed by atoms with Crippen molar-refractivity contribution in [3.8, 4) is 23.0 Å². The van der Waals surface area contributed by atoms with E-state index in [0.717, 1.165) is 87.2 Å². The molecule has 4 unspecified atom stereocenters. The Morgan fingerprint density at radius 2 is 0.635 bits per heavy atom. The second-order valence-corrected chi connectivity index (χ2v) is 34.0. The molecule has 8 aliphatic rings. The third-order valence-electron chi connectivity index (χ3n) is 18.9. The zero-order valence-electron chi connectivity index (χ0n) is 62.5. The summed E-state index contributed by atoms with van der Waals surface area (Å²) in [5.74, 6) is -4.44. The first-order valence-electron chi connectivity index (χ1n) is 36.2. The molecule has 4 atom stereocenters. The molecule has 0 amide bonds. The number of esters is 2. The van der Waals surface area contributed by atoms with Crippen molar-refractivity contribution in [1.82, 2.24) is 0 Å². The lowest BCUT2D eigenvalue weighted by Gasteiger charge is -2.59. The fourth-order valence-corrected chi connectivity index (χ4v) is 19.4. The molecule has 0 aromatic heterocycles. The lowest BCUT2D eigenvalue weighted by molar-refractivity contribution is -0.894. The van der Waals surface area contributed by atoms with Gasteiger partial charge in [-0.3, -0.25) is 0 Å². The van der Waals surface area contributed by atoms with Gasteiger partial charge in [0.2, 0.25) is 0 Å². The van der Waals surface area contributed by atoms with E-state index in [0.29, 0.717) is 156 Å². The first-order chi connectivity index (χ1) is 49.4. The number of carbonyl (C=O) groups excluding carboxylic acids is 2. The van der Waals surface area contributed by atoms with Crippen LogP contribution in [0.4, 0.5) is 17.6 Å². The van der Waals surface area contributed by atoms with Crippen LogP contribution in [0.25, 0.3) is 0 Å². The molecule has 0 aliphatic heterocycles. The molecule has 8 saturated carbocycles. The monoisotopic (exact) mass is 1760 g/mol. The van der Waals surface area contributed by atoms with Gasteiger partial charge < -0.3 is 98.4 Å². The number of hydrogen-bond acceptors (Lipinski definition) is 18. The number of nitrogens with one attached hydrogen (secondary N) is 1. The molecule has 8 aliphatic carbocycles. The van der Waals surface area contributed by atoms with Gasteiger partial charge in [-0.2, -0.15) is 17.6 Å². The van der Waals surface area contributed by atoms with Crippen LogP contribution in [0, 0.1) is 48.8 Å². The van der Waals surface area contributed by atoms with Crippen LogP contribution in [-0.2, 0) is 57.0 Å². The Bertz CT molecular complexity index is 2650. The normalized spacial score (nSPS) is 23.0. The number of hydrogen-bond donors (Lipinski definition) is 3. The van der Waals surface area contributed by atoms with Gasteiger partial charge in [0, 0.05) is 53.1 Å². The first kappa shape index (κ1) is 90.9. The quantitative estimate of drug-likeness (QED) is 0.0251. The van der Waals surface area contributed by atoms with E-state index in [4.69, 9.17) is 66.3 Å². The van der Waals surface area contributed by atoms with E-state index in [-0.39, 0.29) is 83.4 Å². The van der Waals surface area contributed by atoms with Gasteiger partial charge in [0.1, 0.15) is 49.4 Å². The van der Waals surface area contributed by atoms with Gasteiger partial charge in [0.25, 0.3) is 0 Å². The van der Waals surface area contributed by atoms with Crippen molar-refractivity contribution in [2.45, 2.75) is 135 Å². The molecule has 588 valence electrons. The molecule has 4 aromatic rings. The van der Waals surface area contributed by atoms with E-state index in [9.17, 15) is 37.4 Å². The van der Waals surface area contributed by atoms with E-state index < -0.39 is 35.0 Å². The molecule has 0 saturated heterocycles. The molecule has 19 nitrogen and oxygen atoms in total. The van der Waals surface area contributed by atoms with Gasteiger partial charge >= 0.3 is 66.2 Å². The van der Waals surface area contributed by atoms with Gasteiger partial charge in [0.15, 0.2) is 14.3 Å². The highest BCUT2D eigenvalue weighted by Crippen LogP contribution is 2.63. The number of carbonyl (C=O) groups is 2. The van der Waals surface area contributed by atoms with Crippen molar-refractivity contribution in [3.63, 3.8) is 0 Å². The smallest absolute Gasteiger partial charge is 0.376 e. The van der Waals surface area contributed by atoms with Crippen LogP contribution < -0.4 is 83.2 Å². The van der Waals surface area contributed by atoms with E-state index in [1.807, 2.05) is 48.5 Å². The summed E-state index contributed by atoms with van der Waals surface area (Å²) >= 11 is -0.466. The van der Waals surface area contributed by atoms with E-state index in [1.165, 1.54) is 33.9 Å². The summed E-state index contributed by atoms with van der Waals surface area (Å²) < 4.78 is 130. The van der Waals surface area contributed by atoms with Crippen molar-refractivity contribution in [2.75, 3.05) is 167 Å². The summed E-state index contributed by atoms with van der Waals surface area (Å²) in [5, 5.41) is 21.0. The van der Waals surface area contributed by atoms with Gasteiger partial charge in [0.05, 0.1) is 123 Å². The third kappa shape index (κ3) is 33.6. The van der Waals surface area contributed by atoms with Crippen LogP contribution in [0.5, 0.6) is 23.0 Å². The molecular weight excluding hydrogens is 1650 g/mol.